The van der Waals surface area contributed by atoms with E-state index in [4.69, 9.17) is 4.74 Å². The van der Waals surface area contributed by atoms with Gasteiger partial charge in [-0.05, 0) is 52.4 Å². The zero-order chi connectivity index (χ0) is 17.3. The van der Waals surface area contributed by atoms with Gasteiger partial charge in [-0.1, -0.05) is 25.3 Å². The molecule has 0 saturated heterocycles. The van der Waals surface area contributed by atoms with Crippen LogP contribution in [0.15, 0.2) is 22.8 Å². The molecule has 0 radical (unpaired) electrons. The van der Waals surface area contributed by atoms with Gasteiger partial charge in [0.25, 0.3) is 0 Å². The van der Waals surface area contributed by atoms with Crippen molar-refractivity contribution in [2.45, 2.75) is 44.6 Å². The second-order valence-corrected chi connectivity index (χ2v) is 6.99. The first-order valence-electron chi connectivity index (χ1n) is 8.14. The molecule has 0 amide bonds. The third-order valence-corrected chi connectivity index (χ3v) is 5.67. The quantitative estimate of drug-likeness (QED) is 0.785. The number of carbonyl (C=O) groups excluding carboxylic acids is 1. The summed E-state index contributed by atoms with van der Waals surface area (Å²) in [6.45, 7) is 0.0589. The lowest BCUT2D eigenvalue weighted by Gasteiger charge is -2.22. The van der Waals surface area contributed by atoms with Crippen molar-refractivity contribution < 1.29 is 19.4 Å². The smallest absolute Gasteiger partial charge is 0.335 e. The van der Waals surface area contributed by atoms with Gasteiger partial charge in [0.1, 0.15) is 6.54 Å². The Morgan fingerprint density at radius 2 is 2.00 bits per heavy atom. The Morgan fingerprint density at radius 1 is 1.29 bits per heavy atom. The van der Waals surface area contributed by atoms with E-state index >= 15 is 0 Å². The van der Waals surface area contributed by atoms with Gasteiger partial charge in [0.05, 0.1) is 22.8 Å². The van der Waals surface area contributed by atoms with E-state index in [2.05, 4.69) is 15.9 Å². The van der Waals surface area contributed by atoms with Crippen molar-refractivity contribution in [1.82, 2.24) is 4.57 Å². The van der Waals surface area contributed by atoms with Gasteiger partial charge in [-0.3, -0.25) is 4.79 Å². The molecule has 1 aliphatic carbocycles. The molecule has 3 rings (SSSR count). The number of carbonyl (C=O) groups is 2. The predicted octanol–water partition coefficient (Wildman–Crippen LogP) is 4.32. The van der Waals surface area contributed by atoms with E-state index in [-0.39, 0.29) is 18.1 Å². The minimum absolute atomic E-state index is 0.0589. The van der Waals surface area contributed by atoms with Crippen LogP contribution in [-0.2, 0) is 16.1 Å². The number of hydrogen-bond acceptors (Lipinski definition) is 3. The van der Waals surface area contributed by atoms with Crippen molar-refractivity contribution in [3.8, 4) is 0 Å². The van der Waals surface area contributed by atoms with Crippen LogP contribution in [0.2, 0.25) is 0 Å². The number of aromatic nitrogens is 1. The van der Waals surface area contributed by atoms with E-state index in [1.165, 1.54) is 31.9 Å². The van der Waals surface area contributed by atoms with Crippen LogP contribution in [0, 0.1) is 0 Å². The number of rotatable bonds is 4. The van der Waals surface area contributed by atoms with E-state index in [1.54, 1.807) is 12.1 Å². The van der Waals surface area contributed by atoms with Gasteiger partial charge in [-0.2, -0.15) is 0 Å². The van der Waals surface area contributed by atoms with Crippen LogP contribution in [0.25, 0.3) is 10.9 Å². The Morgan fingerprint density at radius 3 is 2.62 bits per heavy atom. The zero-order valence-electron chi connectivity index (χ0n) is 13.5. The van der Waals surface area contributed by atoms with E-state index < -0.39 is 5.97 Å². The molecule has 24 heavy (non-hydrogen) atoms. The highest BCUT2D eigenvalue weighted by molar-refractivity contribution is 9.10. The van der Waals surface area contributed by atoms with Gasteiger partial charge < -0.3 is 14.4 Å². The highest BCUT2D eigenvalue weighted by Crippen LogP contribution is 2.42. The molecule has 0 aliphatic heterocycles. The van der Waals surface area contributed by atoms with Crippen molar-refractivity contribution in [2.24, 2.45) is 0 Å². The van der Waals surface area contributed by atoms with Crippen LogP contribution in [0.4, 0.5) is 0 Å². The summed E-state index contributed by atoms with van der Waals surface area (Å²) >= 11 is 3.66. The molecule has 1 aromatic carbocycles. The third kappa shape index (κ3) is 3.07. The first-order valence-corrected chi connectivity index (χ1v) is 8.94. The Kier molecular flexibility index (Phi) is 4.94. The molecule has 0 atom stereocenters. The number of esters is 1. The Bertz CT molecular complexity index is 790. The molecule has 0 spiro atoms. The summed E-state index contributed by atoms with van der Waals surface area (Å²) in [5.74, 6) is -0.897. The first-order chi connectivity index (χ1) is 11.5. The van der Waals surface area contributed by atoms with Gasteiger partial charge in [0.2, 0.25) is 0 Å². The fourth-order valence-electron chi connectivity index (χ4n) is 3.61. The second kappa shape index (κ2) is 6.97. The number of ether oxygens (including phenoxy) is 1. The molecule has 128 valence electrons. The number of hydrogen-bond donors (Lipinski definition) is 1. The van der Waals surface area contributed by atoms with Crippen LogP contribution < -0.4 is 0 Å². The van der Waals surface area contributed by atoms with Crippen molar-refractivity contribution in [3.05, 3.63) is 33.9 Å². The standard InChI is InChI=1S/C18H20BrNO4/c1-24-15(21)10-20-14-9-12(18(22)23)7-8-13(14)16(17(20)19)11-5-3-2-4-6-11/h7-9,11H,2-6,10H2,1H3,(H,22,23). The van der Waals surface area contributed by atoms with Gasteiger partial charge in [-0.25, -0.2) is 4.79 Å². The maximum atomic E-state index is 11.8. The van der Waals surface area contributed by atoms with Gasteiger partial charge in [0, 0.05) is 5.39 Å². The fraction of sp³-hybridized carbons (Fsp3) is 0.444. The normalized spacial score (nSPS) is 15.6. The molecule has 2 aromatic rings. The molecule has 1 heterocycles. The molecule has 1 aliphatic rings. The number of fused-ring (bicyclic) bond motifs is 1. The van der Waals surface area contributed by atoms with Crippen molar-refractivity contribution in [1.29, 1.82) is 0 Å². The summed E-state index contributed by atoms with van der Waals surface area (Å²) in [6.07, 6.45) is 5.91. The third-order valence-electron chi connectivity index (χ3n) is 4.81. The van der Waals surface area contributed by atoms with Crippen LogP contribution in [0.5, 0.6) is 0 Å². The van der Waals surface area contributed by atoms with Crippen LogP contribution in [0.3, 0.4) is 0 Å². The summed E-state index contributed by atoms with van der Waals surface area (Å²) in [5, 5.41) is 10.3. The molecular weight excluding hydrogens is 374 g/mol. The summed E-state index contributed by atoms with van der Waals surface area (Å²) in [7, 11) is 1.35. The summed E-state index contributed by atoms with van der Waals surface area (Å²) in [4.78, 5) is 23.1. The minimum atomic E-state index is -0.974. The number of benzene rings is 1. The van der Waals surface area contributed by atoms with Crippen molar-refractivity contribution >= 4 is 38.8 Å². The predicted molar refractivity (Wildman–Crippen MR) is 94.4 cm³/mol. The number of methoxy groups -OCH3 is 1. The fourth-order valence-corrected chi connectivity index (χ4v) is 4.46. The van der Waals surface area contributed by atoms with Crippen LogP contribution >= 0.6 is 15.9 Å². The minimum Gasteiger partial charge on any atom is -0.478 e. The lowest BCUT2D eigenvalue weighted by Crippen LogP contribution is -2.12. The number of halogens is 1. The largest absolute Gasteiger partial charge is 0.478 e. The summed E-state index contributed by atoms with van der Waals surface area (Å²) in [6, 6.07) is 5.13. The molecule has 0 bridgehead atoms. The highest BCUT2D eigenvalue weighted by Gasteiger charge is 2.25. The van der Waals surface area contributed by atoms with Crippen molar-refractivity contribution in [3.63, 3.8) is 0 Å². The summed E-state index contributed by atoms with van der Waals surface area (Å²) in [5.41, 5.74) is 2.16. The molecule has 6 heteroatoms. The van der Waals surface area contributed by atoms with Gasteiger partial charge >= 0.3 is 11.9 Å². The van der Waals surface area contributed by atoms with E-state index in [1.807, 2.05) is 10.6 Å². The molecule has 1 saturated carbocycles. The lowest BCUT2D eigenvalue weighted by molar-refractivity contribution is -0.141. The monoisotopic (exact) mass is 393 g/mol. The van der Waals surface area contributed by atoms with E-state index in [0.29, 0.717) is 5.92 Å². The molecule has 5 nitrogen and oxygen atoms in total. The van der Waals surface area contributed by atoms with Crippen molar-refractivity contribution in [2.75, 3.05) is 7.11 Å². The Labute approximate surface area is 148 Å². The van der Waals surface area contributed by atoms with Crippen LogP contribution in [-0.4, -0.2) is 28.7 Å². The average molecular weight is 394 g/mol. The average Bonchev–Trinajstić information content (AvgIpc) is 2.86. The molecular formula is C18H20BrNO4. The van der Waals surface area contributed by atoms with E-state index in [9.17, 15) is 14.7 Å². The number of carboxylic acids is 1. The number of aromatic carboxylic acids is 1. The topological polar surface area (TPSA) is 68.5 Å². The van der Waals surface area contributed by atoms with Gasteiger partial charge in [-0.15, -0.1) is 0 Å². The summed E-state index contributed by atoms with van der Waals surface area (Å²) < 4.78 is 7.47. The maximum absolute atomic E-state index is 11.8. The highest BCUT2D eigenvalue weighted by atomic mass is 79.9. The molecule has 1 N–H and O–H groups in total. The Hall–Kier alpha value is -1.82. The SMILES string of the molecule is COC(=O)Cn1c(Br)c(C2CCCCC2)c2ccc(C(=O)O)cc21. The zero-order valence-corrected chi connectivity index (χ0v) is 15.1. The number of carboxylic acid groups (broad SMARTS) is 1. The van der Waals surface area contributed by atoms with Crippen LogP contribution in [0.1, 0.15) is 53.9 Å². The second-order valence-electron chi connectivity index (χ2n) is 6.24. The van der Waals surface area contributed by atoms with Gasteiger partial charge in [0.15, 0.2) is 0 Å². The molecule has 1 aromatic heterocycles. The molecule has 0 unspecified atom stereocenters. The maximum Gasteiger partial charge on any atom is 0.335 e. The number of nitrogens with zero attached hydrogens (tertiary/aromatic N) is 1. The van der Waals surface area contributed by atoms with E-state index in [0.717, 1.165) is 28.3 Å². The first kappa shape index (κ1) is 17.0. The molecule has 1 fully saturated rings. The Balaban J connectivity index is 2.18. The lowest BCUT2D eigenvalue weighted by atomic mass is 9.84.